The lowest BCUT2D eigenvalue weighted by atomic mass is 9.82. The van der Waals surface area contributed by atoms with Crippen molar-refractivity contribution in [3.05, 3.63) is 86.9 Å². The average Bonchev–Trinajstić information content (AvgIpc) is 3.14. The first-order valence-electron chi connectivity index (χ1n) is 10.5. The molecule has 0 spiro atoms. The van der Waals surface area contributed by atoms with Crippen LogP contribution in [-0.2, 0) is 12.8 Å². The summed E-state index contributed by atoms with van der Waals surface area (Å²) < 4.78 is 0. The molecule has 0 saturated heterocycles. The van der Waals surface area contributed by atoms with Gasteiger partial charge in [0.25, 0.3) is 5.91 Å². The predicted octanol–water partition coefficient (Wildman–Crippen LogP) is 5.75. The van der Waals surface area contributed by atoms with Gasteiger partial charge in [0.2, 0.25) is 0 Å². The quantitative estimate of drug-likeness (QED) is 0.347. The second kappa shape index (κ2) is 8.50. The summed E-state index contributed by atoms with van der Waals surface area (Å²) >= 11 is 7.16. The molecule has 0 aliphatic heterocycles. The van der Waals surface area contributed by atoms with Crippen LogP contribution in [0.1, 0.15) is 49.2 Å². The van der Waals surface area contributed by atoms with E-state index in [1.807, 2.05) is 6.07 Å². The minimum absolute atomic E-state index is 0.0823. The van der Waals surface area contributed by atoms with E-state index in [1.54, 1.807) is 6.07 Å². The van der Waals surface area contributed by atoms with Crippen molar-refractivity contribution < 1.29 is 14.7 Å². The molecular weight excluding hydrogens is 458 g/mol. The van der Waals surface area contributed by atoms with Gasteiger partial charge in [-0.2, -0.15) is 0 Å². The third kappa shape index (κ3) is 4.05. The molecule has 0 saturated carbocycles. The summed E-state index contributed by atoms with van der Waals surface area (Å²) in [7, 11) is 0. The van der Waals surface area contributed by atoms with E-state index in [9.17, 15) is 14.7 Å². The molecular formula is C25H20ClN3O3S. The van der Waals surface area contributed by atoms with Crippen molar-refractivity contribution in [2.45, 2.75) is 25.2 Å². The topological polar surface area (TPSA) is 105 Å². The summed E-state index contributed by atoms with van der Waals surface area (Å²) in [5.41, 5.74) is 10.6. The number of nitrogens with two attached hydrogens (primary N) is 1. The number of thiophene rings is 1. The molecule has 0 bridgehead atoms. The third-order valence-electron chi connectivity index (χ3n) is 6.02. The van der Waals surface area contributed by atoms with E-state index in [1.165, 1.54) is 34.6 Å². The number of nitrogens with zero attached hydrogens (tertiary/aromatic N) is 1. The molecule has 1 aliphatic rings. The van der Waals surface area contributed by atoms with Gasteiger partial charge >= 0.3 is 5.97 Å². The van der Waals surface area contributed by atoms with Crippen molar-refractivity contribution in [3.63, 3.8) is 0 Å². The number of anilines is 2. The predicted molar refractivity (Wildman–Crippen MR) is 132 cm³/mol. The minimum atomic E-state index is -1.17. The summed E-state index contributed by atoms with van der Waals surface area (Å²) in [4.78, 5) is 30.2. The van der Waals surface area contributed by atoms with Crippen LogP contribution in [0.5, 0.6) is 0 Å². The maximum atomic E-state index is 12.9. The van der Waals surface area contributed by atoms with Gasteiger partial charge in [0, 0.05) is 16.8 Å². The largest absolute Gasteiger partial charge is 0.478 e. The van der Waals surface area contributed by atoms with Crippen LogP contribution in [0.4, 0.5) is 11.4 Å². The molecule has 2 heterocycles. The van der Waals surface area contributed by atoms with Crippen molar-refractivity contribution in [3.8, 4) is 0 Å². The number of rotatable bonds is 4. The molecule has 4 aromatic rings. The Kier molecular flexibility index (Phi) is 5.52. The number of hydrogen-bond acceptors (Lipinski definition) is 5. The van der Waals surface area contributed by atoms with E-state index >= 15 is 0 Å². The number of pyridine rings is 1. The van der Waals surface area contributed by atoms with Gasteiger partial charge in [-0.25, -0.2) is 9.78 Å². The monoisotopic (exact) mass is 477 g/mol. The van der Waals surface area contributed by atoms with Crippen LogP contribution in [0.3, 0.4) is 0 Å². The van der Waals surface area contributed by atoms with Gasteiger partial charge in [0.15, 0.2) is 0 Å². The van der Waals surface area contributed by atoms with Gasteiger partial charge < -0.3 is 16.2 Å². The van der Waals surface area contributed by atoms with Gasteiger partial charge in [0.1, 0.15) is 9.71 Å². The number of aromatic nitrogens is 1. The Morgan fingerprint density at radius 2 is 1.94 bits per heavy atom. The number of carbonyl (C=O) groups excluding carboxylic acids is 1. The molecule has 0 fully saturated rings. The fourth-order valence-corrected chi connectivity index (χ4v) is 5.51. The number of nitrogens with one attached hydrogen (secondary N) is 1. The number of benzene rings is 2. The SMILES string of the molecule is Nc1c(C(=O)Nc2ccc(Cl)c(C(=O)O)c2)sc2nc3c(cc12)CC(c1ccccc1)CC3. The number of amides is 1. The Morgan fingerprint density at radius 1 is 1.15 bits per heavy atom. The molecule has 1 amide bonds. The minimum Gasteiger partial charge on any atom is -0.478 e. The van der Waals surface area contributed by atoms with Crippen molar-refractivity contribution in [2.75, 3.05) is 11.1 Å². The molecule has 0 radical (unpaired) electrons. The van der Waals surface area contributed by atoms with Crippen LogP contribution < -0.4 is 11.1 Å². The number of fused-ring (bicyclic) bond motifs is 2. The van der Waals surface area contributed by atoms with E-state index in [0.717, 1.165) is 35.2 Å². The highest BCUT2D eigenvalue weighted by Crippen LogP contribution is 2.38. The standard InChI is InChI=1S/C25H20ClN3O3S/c26-19-8-7-16(12-17(19)25(31)32)28-23(30)22-21(27)18-11-15-10-14(13-4-2-1-3-5-13)6-9-20(15)29-24(18)33-22/h1-5,7-8,11-12,14H,6,9-10,27H2,(H,28,30)(H,31,32). The van der Waals surface area contributed by atoms with Crippen LogP contribution in [-0.4, -0.2) is 22.0 Å². The molecule has 6 nitrogen and oxygen atoms in total. The van der Waals surface area contributed by atoms with E-state index < -0.39 is 11.9 Å². The zero-order valence-electron chi connectivity index (χ0n) is 17.5. The van der Waals surface area contributed by atoms with Crippen LogP contribution in [0.2, 0.25) is 5.02 Å². The van der Waals surface area contributed by atoms with Crippen molar-refractivity contribution in [1.29, 1.82) is 0 Å². The summed E-state index contributed by atoms with van der Waals surface area (Å²) in [6.07, 6.45) is 2.81. The van der Waals surface area contributed by atoms with Gasteiger partial charge in [-0.15, -0.1) is 11.3 Å². The molecule has 4 N–H and O–H groups in total. The lowest BCUT2D eigenvalue weighted by molar-refractivity contribution is 0.0696. The van der Waals surface area contributed by atoms with E-state index in [-0.39, 0.29) is 10.6 Å². The Morgan fingerprint density at radius 3 is 2.70 bits per heavy atom. The Bertz CT molecular complexity index is 1400. The molecule has 1 atom stereocenters. The lowest BCUT2D eigenvalue weighted by Gasteiger charge is -2.24. The smallest absolute Gasteiger partial charge is 0.337 e. The number of halogens is 1. The highest BCUT2D eigenvalue weighted by molar-refractivity contribution is 7.21. The van der Waals surface area contributed by atoms with Crippen LogP contribution in [0.25, 0.3) is 10.2 Å². The third-order valence-corrected chi connectivity index (χ3v) is 7.46. The van der Waals surface area contributed by atoms with Gasteiger partial charge in [0.05, 0.1) is 16.3 Å². The van der Waals surface area contributed by atoms with E-state index in [0.29, 0.717) is 22.2 Å². The number of nitrogen functional groups attached to an aromatic ring is 1. The Balaban J connectivity index is 1.44. The number of carboxylic acid groups (broad SMARTS) is 1. The van der Waals surface area contributed by atoms with Gasteiger partial charge in [-0.3, -0.25) is 4.79 Å². The van der Waals surface area contributed by atoms with Crippen LogP contribution in [0.15, 0.2) is 54.6 Å². The highest BCUT2D eigenvalue weighted by atomic mass is 35.5. The molecule has 1 aliphatic carbocycles. The maximum absolute atomic E-state index is 12.9. The van der Waals surface area contributed by atoms with E-state index in [2.05, 4.69) is 35.6 Å². The molecule has 5 rings (SSSR count). The number of carbonyl (C=O) groups is 2. The Hall–Kier alpha value is -3.42. The van der Waals surface area contributed by atoms with Gasteiger partial charge in [-0.05, 0) is 60.6 Å². The molecule has 8 heteroatoms. The first-order chi connectivity index (χ1) is 15.9. The lowest BCUT2D eigenvalue weighted by Crippen LogP contribution is -2.14. The first-order valence-corrected chi connectivity index (χ1v) is 11.7. The average molecular weight is 478 g/mol. The maximum Gasteiger partial charge on any atom is 0.337 e. The van der Waals surface area contributed by atoms with Crippen LogP contribution >= 0.6 is 22.9 Å². The number of hydrogen-bond donors (Lipinski definition) is 3. The highest BCUT2D eigenvalue weighted by Gasteiger charge is 2.25. The van der Waals surface area contributed by atoms with Crippen molar-refractivity contribution in [2.24, 2.45) is 0 Å². The number of carboxylic acids is 1. The molecule has 1 unspecified atom stereocenters. The first kappa shape index (κ1) is 21.4. The molecule has 2 aromatic carbocycles. The zero-order chi connectivity index (χ0) is 23.1. The Labute approximate surface area is 199 Å². The fourth-order valence-electron chi connectivity index (χ4n) is 4.32. The zero-order valence-corrected chi connectivity index (χ0v) is 19.0. The van der Waals surface area contributed by atoms with E-state index in [4.69, 9.17) is 22.3 Å². The summed E-state index contributed by atoms with van der Waals surface area (Å²) in [6.45, 7) is 0. The van der Waals surface area contributed by atoms with Crippen molar-refractivity contribution >= 4 is 56.4 Å². The molecule has 2 aromatic heterocycles. The fraction of sp³-hybridized carbons (Fsp3) is 0.160. The molecule has 33 heavy (non-hydrogen) atoms. The van der Waals surface area contributed by atoms with Crippen LogP contribution in [0, 0.1) is 0 Å². The number of aryl methyl sites for hydroxylation is 1. The molecule has 166 valence electrons. The normalized spacial score (nSPS) is 15.2. The summed E-state index contributed by atoms with van der Waals surface area (Å²) in [5.74, 6) is -1.13. The van der Waals surface area contributed by atoms with Crippen molar-refractivity contribution in [1.82, 2.24) is 4.98 Å². The van der Waals surface area contributed by atoms with Gasteiger partial charge in [-0.1, -0.05) is 41.9 Å². The summed E-state index contributed by atoms with van der Waals surface area (Å²) in [6, 6.07) is 16.9. The second-order valence-corrected chi connectivity index (χ2v) is 9.50. The summed E-state index contributed by atoms with van der Waals surface area (Å²) in [5, 5.41) is 12.9. The second-order valence-electron chi connectivity index (χ2n) is 8.10. The number of aromatic carboxylic acids is 1.